The number of nitrogens with one attached hydrogen (secondary N) is 2. The lowest BCUT2D eigenvalue weighted by Gasteiger charge is -2.40. The molecule has 4 aromatic rings. The fourth-order valence-electron chi connectivity index (χ4n) is 5.59. The lowest BCUT2D eigenvalue weighted by Crippen LogP contribution is -3.00. The molecule has 4 aromatic carbocycles. The van der Waals surface area contributed by atoms with Crippen molar-refractivity contribution >= 4 is 23.4 Å². The zero-order valence-electron chi connectivity index (χ0n) is 26.2. The van der Waals surface area contributed by atoms with E-state index in [1.165, 1.54) is 0 Å². The number of hydrogen-bond donors (Lipinski definition) is 3. The Hall–Kier alpha value is -3.93. The summed E-state index contributed by atoms with van der Waals surface area (Å²) in [5, 5.41) is 15.1. The van der Waals surface area contributed by atoms with Gasteiger partial charge in [-0.05, 0) is 53.4 Å². The van der Waals surface area contributed by atoms with Gasteiger partial charge < -0.3 is 48.4 Å². The number of likely N-dealkylation sites (N-methyl/N-ethyl adjacent to an activating group) is 1. The number of piperidine rings is 1. The molecule has 1 saturated heterocycles. The summed E-state index contributed by atoms with van der Waals surface area (Å²) in [5.74, 6) is 0.772. The molecule has 9 heteroatoms. The molecular weight excluding hydrogens is 693 g/mol. The minimum absolute atomic E-state index is 0. The number of ether oxygens (including phenoxy) is 2. The molecular formula is C37H42IN3O5. The second kappa shape index (κ2) is 17.1. The largest absolute Gasteiger partial charge is 1.00 e. The molecule has 0 bridgehead atoms. The van der Waals surface area contributed by atoms with Crippen LogP contribution < -0.4 is 39.3 Å². The highest BCUT2D eigenvalue weighted by atomic mass is 127. The van der Waals surface area contributed by atoms with Gasteiger partial charge in [0.05, 0.1) is 32.4 Å². The van der Waals surface area contributed by atoms with Crippen molar-refractivity contribution in [2.45, 2.75) is 38.4 Å². The van der Waals surface area contributed by atoms with E-state index in [0.29, 0.717) is 24.4 Å². The van der Waals surface area contributed by atoms with Crippen LogP contribution in [0.5, 0.6) is 5.75 Å². The van der Waals surface area contributed by atoms with Crippen molar-refractivity contribution in [1.82, 2.24) is 0 Å². The van der Waals surface area contributed by atoms with E-state index >= 15 is 0 Å². The number of aliphatic hydroxyl groups excluding tert-OH is 1. The average molecular weight is 736 g/mol. The van der Waals surface area contributed by atoms with Gasteiger partial charge in [0.25, 0.3) is 0 Å². The molecule has 8 nitrogen and oxygen atoms in total. The summed E-state index contributed by atoms with van der Waals surface area (Å²) in [6, 6.07) is 32.7. The van der Waals surface area contributed by atoms with Gasteiger partial charge in [0, 0.05) is 30.5 Å². The Labute approximate surface area is 288 Å². The van der Waals surface area contributed by atoms with E-state index in [9.17, 15) is 14.7 Å². The molecule has 1 heterocycles. The van der Waals surface area contributed by atoms with Crippen LogP contribution in [-0.4, -0.2) is 61.0 Å². The summed E-state index contributed by atoms with van der Waals surface area (Å²) in [5.41, 5.74) is 4.92. The highest BCUT2D eigenvalue weighted by Gasteiger charge is 2.32. The number of anilines is 2. The van der Waals surface area contributed by atoms with Crippen LogP contribution in [0.3, 0.4) is 0 Å². The Balaban J connectivity index is 0.00000480. The summed E-state index contributed by atoms with van der Waals surface area (Å²) in [6.07, 6.45) is 1.75. The molecule has 1 fully saturated rings. The van der Waals surface area contributed by atoms with Gasteiger partial charge in [0.2, 0.25) is 5.91 Å². The van der Waals surface area contributed by atoms with Crippen molar-refractivity contribution in [2.75, 3.05) is 43.9 Å². The van der Waals surface area contributed by atoms with Gasteiger partial charge in [0.1, 0.15) is 25.0 Å². The first-order valence-corrected chi connectivity index (χ1v) is 15.6. The topological polar surface area (TPSA) is 96.9 Å². The zero-order chi connectivity index (χ0) is 31.5. The van der Waals surface area contributed by atoms with E-state index < -0.39 is 6.09 Å². The van der Waals surface area contributed by atoms with Gasteiger partial charge in [0.15, 0.2) is 0 Å². The smallest absolute Gasteiger partial charge is 0.411 e. The monoisotopic (exact) mass is 735 g/mol. The highest BCUT2D eigenvalue weighted by molar-refractivity contribution is 5.92. The fraction of sp³-hybridized carbons (Fsp3) is 0.297. The SMILES string of the molecule is C[N+]1(CCOc2ccccc2)CCC(OC(=O)Nc2cc(CCC(=O)Nc3ccc(CO)cc3)ccc2-c2ccccc2)CC1.[I-]. The minimum atomic E-state index is -0.470. The van der Waals surface area contributed by atoms with Crippen LogP contribution in [0.4, 0.5) is 16.2 Å². The first-order chi connectivity index (χ1) is 21.9. The Morgan fingerprint density at radius 3 is 2.17 bits per heavy atom. The van der Waals surface area contributed by atoms with Gasteiger partial charge in [-0.25, -0.2) is 4.79 Å². The molecule has 2 amide bonds. The van der Waals surface area contributed by atoms with Crippen LogP contribution in [0.25, 0.3) is 11.1 Å². The predicted molar refractivity (Wildman–Crippen MR) is 177 cm³/mol. The molecule has 0 saturated carbocycles. The Kier molecular flexibility index (Phi) is 13.0. The van der Waals surface area contributed by atoms with Crippen LogP contribution in [0, 0.1) is 0 Å². The Bertz CT molecular complexity index is 1540. The highest BCUT2D eigenvalue weighted by Crippen LogP contribution is 2.30. The van der Waals surface area contributed by atoms with E-state index in [1.807, 2.05) is 78.9 Å². The van der Waals surface area contributed by atoms with E-state index in [0.717, 1.165) is 65.0 Å². The number of aliphatic hydroxyl groups is 1. The number of nitrogens with zero attached hydrogens (tertiary/aromatic N) is 1. The van der Waals surface area contributed by atoms with E-state index in [1.54, 1.807) is 24.3 Å². The van der Waals surface area contributed by atoms with Gasteiger partial charge in [-0.2, -0.15) is 0 Å². The molecule has 0 atom stereocenters. The number of hydrogen-bond acceptors (Lipinski definition) is 5. The molecule has 1 aliphatic rings. The maximum atomic E-state index is 13.1. The van der Waals surface area contributed by atoms with Crippen molar-refractivity contribution in [3.63, 3.8) is 0 Å². The lowest BCUT2D eigenvalue weighted by atomic mass is 9.99. The number of quaternary nitrogens is 1. The molecule has 0 unspecified atom stereocenters. The van der Waals surface area contributed by atoms with Crippen molar-refractivity contribution in [2.24, 2.45) is 0 Å². The molecule has 0 aromatic heterocycles. The minimum Gasteiger partial charge on any atom is -1.00 e. The van der Waals surface area contributed by atoms with Crippen LogP contribution in [0.1, 0.15) is 30.4 Å². The van der Waals surface area contributed by atoms with E-state index in [2.05, 4.69) is 17.7 Å². The number of amides is 2. The van der Waals surface area contributed by atoms with Crippen LogP contribution in [0.15, 0.2) is 103 Å². The first kappa shape index (κ1) is 34.9. The molecule has 242 valence electrons. The summed E-state index contributed by atoms with van der Waals surface area (Å²) in [6.45, 7) is 3.32. The predicted octanol–water partition coefficient (Wildman–Crippen LogP) is 3.66. The van der Waals surface area contributed by atoms with E-state index in [4.69, 9.17) is 9.47 Å². The molecule has 5 rings (SSSR count). The number of carbonyl (C=O) groups is 2. The quantitative estimate of drug-likeness (QED) is 0.153. The van der Waals surface area contributed by atoms with Crippen molar-refractivity contribution in [3.8, 4) is 16.9 Å². The number of rotatable bonds is 12. The standard InChI is InChI=1S/C37H41N3O5.HI/c1-40(24-25-44-32-10-6-3-7-11-32)22-20-33(21-23-40)45-37(43)39-35-26-28(14-18-34(35)30-8-4-2-5-9-30)15-19-36(42)38-31-16-12-29(27-41)13-17-31;/h2-14,16-18,26,33,41H,15,19-25,27H2,1H3,(H-,38,39,42,43);1H. The number of likely N-dealkylation sites (tertiary alicyclic amines) is 1. The average Bonchev–Trinajstić information content (AvgIpc) is 3.06. The molecule has 1 aliphatic heterocycles. The number of aryl methyl sites for hydroxylation is 1. The van der Waals surface area contributed by atoms with Crippen LogP contribution in [-0.2, 0) is 22.6 Å². The molecule has 3 N–H and O–H groups in total. The van der Waals surface area contributed by atoms with Gasteiger partial charge in [-0.1, -0.05) is 72.8 Å². The maximum Gasteiger partial charge on any atom is 0.411 e. The van der Waals surface area contributed by atoms with Crippen molar-refractivity contribution in [3.05, 3.63) is 114 Å². The lowest BCUT2D eigenvalue weighted by molar-refractivity contribution is -0.915. The second-order valence-corrected chi connectivity index (χ2v) is 11.8. The molecule has 0 aliphatic carbocycles. The normalized spacial score (nSPS) is 17.3. The molecule has 0 radical (unpaired) electrons. The third kappa shape index (κ3) is 10.3. The van der Waals surface area contributed by atoms with Crippen LogP contribution in [0.2, 0.25) is 0 Å². The summed E-state index contributed by atoms with van der Waals surface area (Å²) in [4.78, 5) is 25.8. The number of benzene rings is 4. The van der Waals surface area contributed by atoms with Crippen molar-refractivity contribution < 1.29 is 52.6 Å². The van der Waals surface area contributed by atoms with E-state index in [-0.39, 0.29) is 49.0 Å². The Morgan fingerprint density at radius 1 is 0.848 bits per heavy atom. The summed E-state index contributed by atoms with van der Waals surface area (Å²) < 4.78 is 12.7. The first-order valence-electron chi connectivity index (χ1n) is 15.6. The summed E-state index contributed by atoms with van der Waals surface area (Å²) in [7, 11) is 2.23. The Morgan fingerprint density at radius 2 is 1.50 bits per heavy atom. The number of carbonyl (C=O) groups excluding carboxylic acids is 2. The summed E-state index contributed by atoms with van der Waals surface area (Å²) >= 11 is 0. The number of para-hydroxylation sites is 1. The van der Waals surface area contributed by atoms with Gasteiger partial charge in [-0.3, -0.25) is 10.1 Å². The third-order valence-corrected chi connectivity index (χ3v) is 8.37. The van der Waals surface area contributed by atoms with Crippen molar-refractivity contribution in [1.29, 1.82) is 0 Å². The van der Waals surface area contributed by atoms with Gasteiger partial charge in [-0.15, -0.1) is 0 Å². The van der Waals surface area contributed by atoms with Crippen LogP contribution >= 0.6 is 0 Å². The second-order valence-electron chi connectivity index (χ2n) is 11.8. The maximum absolute atomic E-state index is 13.1. The van der Waals surface area contributed by atoms with Gasteiger partial charge >= 0.3 is 6.09 Å². The molecule has 46 heavy (non-hydrogen) atoms. The fourth-order valence-corrected chi connectivity index (χ4v) is 5.59. The number of halogens is 1. The zero-order valence-corrected chi connectivity index (χ0v) is 28.3. The molecule has 0 spiro atoms. The third-order valence-electron chi connectivity index (χ3n) is 8.37.